The Kier molecular flexibility index (Phi) is 2.73. The van der Waals surface area contributed by atoms with E-state index >= 15 is 0 Å². The van der Waals surface area contributed by atoms with E-state index in [1.165, 1.54) is 0 Å². The molecule has 0 amide bonds. The smallest absolute Gasteiger partial charge is 0.179 e. The molecule has 0 bridgehead atoms. The van der Waals surface area contributed by atoms with Gasteiger partial charge in [-0.25, -0.2) is 0 Å². The first-order valence-corrected chi connectivity index (χ1v) is 5.06. The molecule has 0 unspecified atom stereocenters. The summed E-state index contributed by atoms with van der Waals surface area (Å²) >= 11 is 0. The number of hydrogen-bond acceptors (Lipinski definition) is 4. The van der Waals surface area contributed by atoms with Crippen LogP contribution in [0, 0.1) is 0 Å². The second-order valence-electron chi connectivity index (χ2n) is 3.66. The van der Waals surface area contributed by atoms with Crippen LogP contribution in [0.4, 0.5) is 5.69 Å². The second kappa shape index (κ2) is 4.02. The number of morpholine rings is 1. The molecule has 0 aromatic carbocycles. The van der Waals surface area contributed by atoms with E-state index in [0.29, 0.717) is 18.9 Å². The molecule has 1 aliphatic rings. The Hall–Kier alpha value is -1.36. The summed E-state index contributed by atoms with van der Waals surface area (Å²) in [5.74, 6) is 0.0523. The summed E-state index contributed by atoms with van der Waals surface area (Å²) in [5.41, 5.74) is 1.60. The summed E-state index contributed by atoms with van der Waals surface area (Å²) < 4.78 is 6.91. The van der Waals surface area contributed by atoms with Gasteiger partial charge in [0.25, 0.3) is 0 Å². The van der Waals surface area contributed by atoms with Gasteiger partial charge < -0.3 is 9.64 Å². The first kappa shape index (κ1) is 10.2. The van der Waals surface area contributed by atoms with Crippen LogP contribution >= 0.6 is 0 Å². The molecule has 0 N–H and O–H groups in total. The molecule has 0 atom stereocenters. The Balaban J connectivity index is 2.30. The summed E-state index contributed by atoms with van der Waals surface area (Å²) in [6, 6.07) is 0. The van der Waals surface area contributed by atoms with E-state index in [1.54, 1.807) is 24.9 Å². The van der Waals surface area contributed by atoms with E-state index < -0.39 is 0 Å². The lowest BCUT2D eigenvalue weighted by molar-refractivity contribution is 0.100. The fourth-order valence-corrected chi connectivity index (χ4v) is 1.87. The third kappa shape index (κ3) is 1.87. The Morgan fingerprint density at radius 2 is 2.13 bits per heavy atom. The SMILES string of the molecule is CC(=O)c1c(N2CCOCC2)cnn1C. The number of Topliss-reactive ketones (excluding diaryl/α,β-unsaturated/α-hetero) is 1. The van der Waals surface area contributed by atoms with E-state index in [-0.39, 0.29) is 5.78 Å². The van der Waals surface area contributed by atoms with Crippen LogP contribution in [-0.4, -0.2) is 41.9 Å². The van der Waals surface area contributed by atoms with Gasteiger partial charge in [0.05, 0.1) is 25.1 Å². The number of nitrogens with zero attached hydrogens (tertiary/aromatic N) is 3. The van der Waals surface area contributed by atoms with Crippen LogP contribution in [0.15, 0.2) is 6.20 Å². The Labute approximate surface area is 88.6 Å². The number of anilines is 1. The maximum absolute atomic E-state index is 11.5. The summed E-state index contributed by atoms with van der Waals surface area (Å²) in [6.45, 7) is 4.65. The molecule has 0 saturated carbocycles. The highest BCUT2D eigenvalue weighted by atomic mass is 16.5. The third-order valence-corrected chi connectivity index (χ3v) is 2.60. The van der Waals surface area contributed by atoms with Gasteiger partial charge in [0, 0.05) is 27.1 Å². The molecule has 0 spiro atoms. The van der Waals surface area contributed by atoms with E-state index in [0.717, 1.165) is 18.8 Å². The van der Waals surface area contributed by atoms with E-state index in [4.69, 9.17) is 4.74 Å². The van der Waals surface area contributed by atoms with Gasteiger partial charge in [0.1, 0.15) is 5.69 Å². The van der Waals surface area contributed by atoms with Gasteiger partial charge >= 0.3 is 0 Å². The quantitative estimate of drug-likeness (QED) is 0.664. The van der Waals surface area contributed by atoms with Crippen LogP contribution in [0.3, 0.4) is 0 Å². The zero-order valence-electron chi connectivity index (χ0n) is 9.06. The fraction of sp³-hybridized carbons (Fsp3) is 0.600. The number of carbonyl (C=O) groups is 1. The summed E-state index contributed by atoms with van der Waals surface area (Å²) in [4.78, 5) is 13.6. The van der Waals surface area contributed by atoms with Crippen molar-refractivity contribution in [3.8, 4) is 0 Å². The van der Waals surface area contributed by atoms with Crippen molar-refractivity contribution in [3.63, 3.8) is 0 Å². The van der Waals surface area contributed by atoms with Gasteiger partial charge in [-0.1, -0.05) is 0 Å². The summed E-state index contributed by atoms with van der Waals surface area (Å²) in [7, 11) is 1.79. The number of aromatic nitrogens is 2. The number of hydrogen-bond donors (Lipinski definition) is 0. The molecule has 0 aliphatic carbocycles. The zero-order valence-corrected chi connectivity index (χ0v) is 9.06. The molecule has 1 fully saturated rings. The molecular weight excluding hydrogens is 194 g/mol. The highest BCUT2D eigenvalue weighted by Crippen LogP contribution is 2.20. The average Bonchev–Trinajstić information content (AvgIpc) is 2.61. The number of ketones is 1. The second-order valence-corrected chi connectivity index (χ2v) is 3.66. The normalized spacial score (nSPS) is 16.8. The number of ether oxygens (including phenoxy) is 1. The molecule has 0 radical (unpaired) electrons. The van der Waals surface area contributed by atoms with Crippen LogP contribution < -0.4 is 4.90 Å². The molecule has 1 aliphatic heterocycles. The lowest BCUT2D eigenvalue weighted by Crippen LogP contribution is -2.36. The molecule has 15 heavy (non-hydrogen) atoms. The maximum Gasteiger partial charge on any atom is 0.179 e. The lowest BCUT2D eigenvalue weighted by Gasteiger charge is -2.28. The fourth-order valence-electron chi connectivity index (χ4n) is 1.87. The van der Waals surface area contributed by atoms with Crippen LogP contribution in [0.25, 0.3) is 0 Å². The van der Waals surface area contributed by atoms with Crippen LogP contribution in [0.2, 0.25) is 0 Å². The van der Waals surface area contributed by atoms with Crippen molar-refractivity contribution in [1.29, 1.82) is 0 Å². The van der Waals surface area contributed by atoms with E-state index in [1.807, 2.05) is 0 Å². The summed E-state index contributed by atoms with van der Waals surface area (Å²) in [6.07, 6.45) is 1.75. The van der Waals surface area contributed by atoms with Gasteiger partial charge in [-0.05, 0) is 0 Å². The Bertz CT molecular complexity index is 367. The maximum atomic E-state index is 11.5. The average molecular weight is 209 g/mol. The van der Waals surface area contributed by atoms with Gasteiger partial charge in [-0.3, -0.25) is 9.48 Å². The minimum atomic E-state index is 0.0523. The number of rotatable bonds is 2. The lowest BCUT2D eigenvalue weighted by atomic mass is 10.2. The molecule has 1 aromatic heterocycles. The highest BCUT2D eigenvalue weighted by Gasteiger charge is 2.20. The van der Waals surface area contributed by atoms with Gasteiger partial charge in [-0.15, -0.1) is 0 Å². The first-order chi connectivity index (χ1) is 7.20. The predicted octanol–water partition coefficient (Wildman–Crippen LogP) is 0.459. The van der Waals surface area contributed by atoms with Crippen LogP contribution in [0.1, 0.15) is 17.4 Å². The molecule has 82 valence electrons. The molecular formula is C10H15N3O2. The van der Waals surface area contributed by atoms with Crippen molar-refractivity contribution in [2.24, 2.45) is 7.05 Å². The van der Waals surface area contributed by atoms with Gasteiger partial charge in [-0.2, -0.15) is 5.10 Å². The molecule has 5 nitrogen and oxygen atoms in total. The third-order valence-electron chi connectivity index (χ3n) is 2.60. The van der Waals surface area contributed by atoms with E-state index in [9.17, 15) is 4.79 Å². The topological polar surface area (TPSA) is 47.4 Å². The largest absolute Gasteiger partial charge is 0.378 e. The molecule has 1 saturated heterocycles. The monoisotopic (exact) mass is 209 g/mol. The van der Waals surface area contributed by atoms with Gasteiger partial charge in [0.15, 0.2) is 5.78 Å². The van der Waals surface area contributed by atoms with Crippen molar-refractivity contribution < 1.29 is 9.53 Å². The molecule has 5 heteroatoms. The van der Waals surface area contributed by atoms with Gasteiger partial charge in [0.2, 0.25) is 0 Å². The number of aryl methyl sites for hydroxylation is 1. The zero-order chi connectivity index (χ0) is 10.8. The Morgan fingerprint density at radius 1 is 1.47 bits per heavy atom. The first-order valence-electron chi connectivity index (χ1n) is 5.06. The van der Waals surface area contributed by atoms with Crippen LogP contribution in [0.5, 0.6) is 0 Å². The van der Waals surface area contributed by atoms with E-state index in [2.05, 4.69) is 10.00 Å². The predicted molar refractivity (Wildman–Crippen MR) is 56.2 cm³/mol. The molecule has 2 rings (SSSR count). The van der Waals surface area contributed by atoms with Crippen molar-refractivity contribution in [3.05, 3.63) is 11.9 Å². The Morgan fingerprint density at radius 3 is 2.73 bits per heavy atom. The van der Waals surface area contributed by atoms with Crippen LogP contribution in [-0.2, 0) is 11.8 Å². The van der Waals surface area contributed by atoms with Crippen molar-refractivity contribution in [1.82, 2.24) is 9.78 Å². The van der Waals surface area contributed by atoms with Crippen molar-refractivity contribution in [2.45, 2.75) is 6.92 Å². The molecule has 1 aromatic rings. The minimum Gasteiger partial charge on any atom is -0.378 e. The highest BCUT2D eigenvalue weighted by molar-refractivity contribution is 5.97. The van der Waals surface area contributed by atoms with Crippen molar-refractivity contribution >= 4 is 11.5 Å². The molecule has 2 heterocycles. The standard InChI is InChI=1S/C10H15N3O2/c1-8(14)10-9(7-11-12(10)2)13-3-5-15-6-4-13/h7H,3-6H2,1-2H3. The van der Waals surface area contributed by atoms with Crippen molar-refractivity contribution in [2.75, 3.05) is 31.2 Å². The summed E-state index contributed by atoms with van der Waals surface area (Å²) in [5, 5.41) is 4.13. The minimum absolute atomic E-state index is 0.0523. The number of carbonyl (C=O) groups excluding carboxylic acids is 1.